The topological polar surface area (TPSA) is 94.0 Å². The van der Waals surface area contributed by atoms with E-state index in [2.05, 4.69) is 0 Å². The minimum Gasteiger partial charge on any atom is -0.486 e. The first-order valence-electron chi connectivity index (χ1n) is 11.2. The summed E-state index contributed by atoms with van der Waals surface area (Å²) in [4.78, 5) is 20.1. The fraction of sp³-hybridized carbons (Fsp3) is 0.391. The molecule has 0 aliphatic carbocycles. The molecule has 0 radical (unpaired) electrons. The average molecular weight is 489 g/mol. The fourth-order valence-corrected chi connectivity index (χ4v) is 5.72. The van der Waals surface area contributed by atoms with E-state index in [1.807, 2.05) is 11.8 Å². The van der Waals surface area contributed by atoms with Gasteiger partial charge < -0.3 is 14.4 Å². The van der Waals surface area contributed by atoms with E-state index >= 15 is 0 Å². The molecule has 2 aliphatic heterocycles. The number of nitrogens with zero attached hydrogens (tertiary/aromatic N) is 4. The molecule has 0 spiro atoms. The van der Waals surface area contributed by atoms with Gasteiger partial charge in [-0.2, -0.15) is 4.31 Å². The Morgan fingerprint density at radius 2 is 1.65 bits per heavy atom. The third-order valence-corrected chi connectivity index (χ3v) is 7.93. The van der Waals surface area contributed by atoms with Crippen LogP contribution in [0.25, 0.3) is 10.9 Å². The molecule has 180 valence electrons. The van der Waals surface area contributed by atoms with Crippen molar-refractivity contribution in [1.82, 2.24) is 13.9 Å². The molecule has 3 heterocycles. The molecule has 0 bridgehead atoms. The van der Waals surface area contributed by atoms with Crippen LogP contribution >= 0.6 is 0 Å². The third-order valence-electron chi connectivity index (χ3n) is 6.02. The van der Waals surface area contributed by atoms with Crippen molar-refractivity contribution >= 4 is 26.9 Å². The van der Waals surface area contributed by atoms with Crippen LogP contribution in [0.4, 0.5) is 10.3 Å². The second-order valence-electron chi connectivity index (χ2n) is 8.23. The van der Waals surface area contributed by atoms with Crippen LogP contribution in [0, 0.1) is 5.82 Å². The first-order valence-corrected chi connectivity index (χ1v) is 12.7. The van der Waals surface area contributed by atoms with Crippen LogP contribution < -0.4 is 19.9 Å². The highest BCUT2D eigenvalue weighted by atomic mass is 32.2. The third kappa shape index (κ3) is 3.98. The molecule has 1 saturated heterocycles. The van der Waals surface area contributed by atoms with Crippen molar-refractivity contribution in [3.05, 3.63) is 52.6 Å². The number of halogens is 1. The van der Waals surface area contributed by atoms with E-state index in [0.717, 1.165) is 18.6 Å². The lowest BCUT2D eigenvalue weighted by Gasteiger charge is -2.35. The summed E-state index contributed by atoms with van der Waals surface area (Å²) in [5, 5.41) is 0.457. The van der Waals surface area contributed by atoms with Crippen LogP contribution in [0.15, 0.2) is 46.1 Å². The van der Waals surface area contributed by atoms with Crippen LogP contribution in [0.3, 0.4) is 0 Å². The van der Waals surface area contributed by atoms with Crippen molar-refractivity contribution < 1.29 is 22.3 Å². The maximum Gasteiger partial charge on any atom is 0.262 e. The van der Waals surface area contributed by atoms with Crippen molar-refractivity contribution in [3.63, 3.8) is 0 Å². The lowest BCUT2D eigenvalue weighted by atomic mass is 10.2. The molecule has 2 aliphatic rings. The summed E-state index contributed by atoms with van der Waals surface area (Å²) in [5.41, 5.74) is 0.346. The highest BCUT2D eigenvalue weighted by molar-refractivity contribution is 7.89. The molecule has 1 fully saturated rings. The van der Waals surface area contributed by atoms with E-state index in [-0.39, 0.29) is 23.5 Å². The maximum atomic E-state index is 13.4. The molecular weight excluding hydrogens is 463 g/mol. The number of sulfonamides is 1. The smallest absolute Gasteiger partial charge is 0.262 e. The molecule has 0 atom stereocenters. The Bertz CT molecular complexity index is 1380. The number of hydrogen-bond donors (Lipinski definition) is 0. The monoisotopic (exact) mass is 488 g/mol. The maximum absolute atomic E-state index is 13.4. The van der Waals surface area contributed by atoms with E-state index in [0.29, 0.717) is 61.2 Å². The highest BCUT2D eigenvalue weighted by Gasteiger charge is 2.30. The predicted molar refractivity (Wildman–Crippen MR) is 125 cm³/mol. The summed E-state index contributed by atoms with van der Waals surface area (Å²) in [6.45, 7) is 4.51. The molecule has 3 aromatic rings. The molecule has 0 amide bonds. The number of ether oxygens (including phenoxy) is 2. The Morgan fingerprint density at radius 1 is 1.00 bits per heavy atom. The van der Waals surface area contributed by atoms with Crippen molar-refractivity contribution in [2.45, 2.75) is 24.8 Å². The molecule has 1 aromatic heterocycles. The quantitative estimate of drug-likeness (QED) is 0.544. The number of aromatic nitrogens is 2. The lowest BCUT2D eigenvalue weighted by Crippen LogP contribution is -2.50. The van der Waals surface area contributed by atoms with Crippen LogP contribution in [0.2, 0.25) is 0 Å². The molecule has 2 aromatic carbocycles. The van der Waals surface area contributed by atoms with Gasteiger partial charge in [-0.15, -0.1) is 0 Å². The lowest BCUT2D eigenvalue weighted by molar-refractivity contribution is 0.172. The largest absolute Gasteiger partial charge is 0.486 e. The van der Waals surface area contributed by atoms with E-state index in [4.69, 9.17) is 14.5 Å². The Kier molecular flexibility index (Phi) is 5.90. The molecule has 34 heavy (non-hydrogen) atoms. The van der Waals surface area contributed by atoms with Crippen molar-refractivity contribution in [2.24, 2.45) is 0 Å². The molecule has 9 nitrogen and oxygen atoms in total. The van der Waals surface area contributed by atoms with Crippen molar-refractivity contribution in [3.8, 4) is 11.5 Å². The van der Waals surface area contributed by atoms with Gasteiger partial charge in [-0.25, -0.2) is 17.8 Å². The predicted octanol–water partition coefficient (Wildman–Crippen LogP) is 2.23. The van der Waals surface area contributed by atoms with Gasteiger partial charge in [0.2, 0.25) is 16.0 Å². The minimum atomic E-state index is -3.74. The molecule has 5 rings (SSSR count). The summed E-state index contributed by atoms with van der Waals surface area (Å²) >= 11 is 0. The number of benzene rings is 2. The summed E-state index contributed by atoms with van der Waals surface area (Å²) in [6, 6.07) is 8.22. The second-order valence-corrected chi connectivity index (χ2v) is 10.2. The molecule has 11 heteroatoms. The second kappa shape index (κ2) is 8.88. The van der Waals surface area contributed by atoms with Gasteiger partial charge in [-0.3, -0.25) is 9.36 Å². The molecule has 0 saturated carbocycles. The van der Waals surface area contributed by atoms with E-state index < -0.39 is 15.8 Å². The zero-order valence-electron chi connectivity index (χ0n) is 18.7. The molecular formula is C23H25FN4O5S. The number of piperazine rings is 1. The zero-order chi connectivity index (χ0) is 23.9. The van der Waals surface area contributed by atoms with Crippen LogP contribution in [0.1, 0.15) is 13.3 Å². The normalized spacial score (nSPS) is 16.7. The SMILES string of the molecule is CCCn1c(N2CCN(S(=O)(=O)c3ccc(F)cc3)CC2)nc2cc3c(cc2c1=O)OCCO3. The first kappa shape index (κ1) is 22.6. The Balaban J connectivity index is 1.45. The summed E-state index contributed by atoms with van der Waals surface area (Å²) in [6.07, 6.45) is 0.740. The van der Waals surface area contributed by atoms with Crippen LogP contribution in [-0.4, -0.2) is 61.7 Å². The number of fused-ring (bicyclic) bond motifs is 2. The highest BCUT2D eigenvalue weighted by Crippen LogP contribution is 2.33. The summed E-state index contributed by atoms with van der Waals surface area (Å²) in [7, 11) is -3.74. The zero-order valence-corrected chi connectivity index (χ0v) is 19.6. The van der Waals surface area contributed by atoms with Gasteiger partial charge in [0.05, 0.1) is 15.8 Å². The van der Waals surface area contributed by atoms with Crippen LogP contribution in [-0.2, 0) is 16.6 Å². The Labute approximate surface area is 196 Å². The molecule has 0 N–H and O–H groups in total. The summed E-state index contributed by atoms with van der Waals surface area (Å²) in [5.74, 6) is 1.11. The van der Waals surface area contributed by atoms with E-state index in [1.165, 1.54) is 16.4 Å². The van der Waals surface area contributed by atoms with Gasteiger partial charge in [0.1, 0.15) is 19.0 Å². The standard InChI is InChI=1S/C23H25FN4O5S/c1-2-7-28-22(29)18-14-20-21(33-13-12-32-20)15-19(18)25-23(28)26-8-10-27(11-9-26)34(30,31)17-5-3-16(24)4-6-17/h3-6,14-15H,2,7-13H2,1H3. The Morgan fingerprint density at radius 3 is 2.29 bits per heavy atom. The number of rotatable bonds is 5. The van der Waals surface area contributed by atoms with Gasteiger partial charge in [0.25, 0.3) is 5.56 Å². The molecule has 0 unspecified atom stereocenters. The van der Waals surface area contributed by atoms with E-state index in [1.54, 1.807) is 16.7 Å². The Hall–Kier alpha value is -3.18. The van der Waals surface area contributed by atoms with Gasteiger partial charge in [0, 0.05) is 38.8 Å². The van der Waals surface area contributed by atoms with Gasteiger partial charge in [-0.05, 0) is 36.8 Å². The van der Waals surface area contributed by atoms with Gasteiger partial charge >= 0.3 is 0 Å². The van der Waals surface area contributed by atoms with Gasteiger partial charge in [-0.1, -0.05) is 6.92 Å². The minimum absolute atomic E-state index is 0.0565. The van der Waals surface area contributed by atoms with Crippen molar-refractivity contribution in [1.29, 1.82) is 0 Å². The first-order chi connectivity index (χ1) is 16.4. The van der Waals surface area contributed by atoms with Crippen molar-refractivity contribution in [2.75, 3.05) is 44.3 Å². The number of hydrogen-bond acceptors (Lipinski definition) is 7. The number of anilines is 1. The van der Waals surface area contributed by atoms with Gasteiger partial charge in [0.15, 0.2) is 11.5 Å². The summed E-state index contributed by atoms with van der Waals surface area (Å²) < 4.78 is 53.5. The fourth-order valence-electron chi connectivity index (χ4n) is 4.30. The average Bonchev–Trinajstić information content (AvgIpc) is 2.85. The van der Waals surface area contributed by atoms with Crippen LogP contribution in [0.5, 0.6) is 11.5 Å². The van der Waals surface area contributed by atoms with E-state index in [9.17, 15) is 17.6 Å².